The highest BCUT2D eigenvalue weighted by atomic mass is 35.5. The third-order valence-electron chi connectivity index (χ3n) is 5.28. The van der Waals surface area contributed by atoms with Gasteiger partial charge in [-0.2, -0.15) is 4.98 Å². The normalized spacial score (nSPS) is 20.1. The number of amides is 3. The molecule has 5 rings (SSSR count). The number of rotatable bonds is 5. The number of nitrogens with zero attached hydrogens (tertiary/aromatic N) is 4. The first-order valence-corrected chi connectivity index (χ1v) is 11.1. The lowest BCUT2D eigenvalue weighted by Gasteiger charge is -2.40. The topological polar surface area (TPSA) is 88.8 Å². The smallest absolute Gasteiger partial charge is 0.332 e. The van der Waals surface area contributed by atoms with Crippen LogP contribution in [0.25, 0.3) is 11.4 Å². The zero-order valence-electron chi connectivity index (χ0n) is 16.8. The Kier molecular flexibility index (Phi) is 5.36. The highest BCUT2D eigenvalue weighted by Crippen LogP contribution is 2.37. The molecule has 0 radical (unpaired) electrons. The number of ether oxygens (including phenoxy) is 1. The summed E-state index contributed by atoms with van der Waals surface area (Å²) in [5, 5.41) is 5.97. The van der Waals surface area contributed by atoms with E-state index in [1.54, 1.807) is 42.3 Å². The average molecular weight is 469 g/mol. The van der Waals surface area contributed by atoms with Crippen molar-refractivity contribution in [2.75, 3.05) is 12.0 Å². The van der Waals surface area contributed by atoms with Gasteiger partial charge in [0.2, 0.25) is 11.7 Å². The van der Waals surface area contributed by atoms with Crippen LogP contribution < -0.4 is 9.64 Å². The first-order chi connectivity index (χ1) is 15.6. The summed E-state index contributed by atoms with van der Waals surface area (Å²) in [6.45, 7) is 0.0599. The number of thioether (sulfide) groups is 1. The molecule has 8 nitrogen and oxygen atoms in total. The van der Waals surface area contributed by atoms with Gasteiger partial charge in [0, 0.05) is 5.02 Å². The molecule has 3 amide bonds. The predicted molar refractivity (Wildman–Crippen MR) is 120 cm³/mol. The zero-order chi connectivity index (χ0) is 22.2. The van der Waals surface area contributed by atoms with Crippen molar-refractivity contribution in [2.24, 2.45) is 0 Å². The monoisotopic (exact) mass is 468 g/mol. The van der Waals surface area contributed by atoms with Crippen molar-refractivity contribution < 1.29 is 18.8 Å². The number of methoxy groups -OCH3 is 1. The quantitative estimate of drug-likeness (QED) is 0.549. The third kappa shape index (κ3) is 3.53. The number of aromatic nitrogens is 2. The molecule has 2 unspecified atom stereocenters. The lowest BCUT2D eigenvalue weighted by atomic mass is 10.1. The number of halogens is 1. The molecule has 32 heavy (non-hydrogen) atoms. The van der Waals surface area contributed by atoms with Crippen LogP contribution in [0.2, 0.25) is 5.02 Å². The van der Waals surface area contributed by atoms with Crippen LogP contribution in [0.3, 0.4) is 0 Å². The van der Waals surface area contributed by atoms with Crippen molar-refractivity contribution >= 4 is 41.0 Å². The van der Waals surface area contributed by atoms with Crippen LogP contribution in [0.5, 0.6) is 5.75 Å². The maximum absolute atomic E-state index is 13.4. The number of imide groups is 1. The molecule has 0 saturated carbocycles. The molecule has 1 aromatic heterocycles. The van der Waals surface area contributed by atoms with E-state index in [4.69, 9.17) is 20.9 Å². The Bertz CT molecular complexity index is 1210. The van der Waals surface area contributed by atoms with Crippen LogP contribution in [0.1, 0.15) is 5.89 Å². The molecule has 2 aliphatic rings. The second-order valence-corrected chi connectivity index (χ2v) is 8.64. The summed E-state index contributed by atoms with van der Waals surface area (Å²) in [7, 11) is 1.57. The van der Waals surface area contributed by atoms with E-state index >= 15 is 0 Å². The molecule has 162 valence electrons. The van der Waals surface area contributed by atoms with E-state index in [1.165, 1.54) is 16.7 Å². The van der Waals surface area contributed by atoms with E-state index in [-0.39, 0.29) is 18.3 Å². The van der Waals surface area contributed by atoms with Crippen LogP contribution in [-0.2, 0) is 11.3 Å². The van der Waals surface area contributed by atoms with Gasteiger partial charge < -0.3 is 14.2 Å². The zero-order valence-corrected chi connectivity index (χ0v) is 18.4. The number of benzene rings is 2. The minimum Gasteiger partial charge on any atom is -0.496 e. The summed E-state index contributed by atoms with van der Waals surface area (Å²) in [4.78, 5) is 33.7. The van der Waals surface area contributed by atoms with Crippen LogP contribution in [0.15, 0.2) is 64.5 Å². The van der Waals surface area contributed by atoms with E-state index in [1.807, 2.05) is 29.7 Å². The van der Waals surface area contributed by atoms with Crippen molar-refractivity contribution in [1.82, 2.24) is 15.0 Å². The van der Waals surface area contributed by atoms with Gasteiger partial charge >= 0.3 is 6.03 Å². The molecule has 2 atom stereocenters. The van der Waals surface area contributed by atoms with Crippen molar-refractivity contribution in [2.45, 2.75) is 17.8 Å². The second-order valence-electron chi connectivity index (χ2n) is 7.15. The number of fused-ring (bicyclic) bond motifs is 1. The summed E-state index contributed by atoms with van der Waals surface area (Å²) in [5.74, 6) is 0.964. The standard InChI is InChI=1S/C22H17ClN4O4S/c1-30-17-5-3-2-4-15(17)20-24-18(31-25-20)12-26-16-10-11-32-19(16)21(28)27(22(26)29)14-8-6-13(23)7-9-14/h2-11,16,19H,12H2,1H3. The number of carbonyl (C=O) groups is 2. The van der Waals surface area contributed by atoms with Crippen LogP contribution in [0, 0.1) is 0 Å². The molecule has 0 N–H and O–H groups in total. The number of carbonyl (C=O) groups excluding carboxylic acids is 2. The Morgan fingerprint density at radius 1 is 1.16 bits per heavy atom. The van der Waals surface area contributed by atoms with Gasteiger partial charge in [-0.3, -0.25) is 4.79 Å². The van der Waals surface area contributed by atoms with E-state index in [0.29, 0.717) is 27.8 Å². The minimum absolute atomic E-state index is 0.0599. The summed E-state index contributed by atoms with van der Waals surface area (Å²) in [6.07, 6.45) is 1.85. The van der Waals surface area contributed by atoms with Crippen LogP contribution in [0.4, 0.5) is 10.5 Å². The van der Waals surface area contributed by atoms with Crippen molar-refractivity contribution in [3.63, 3.8) is 0 Å². The highest BCUT2D eigenvalue weighted by Gasteiger charge is 2.48. The Labute approximate surface area is 192 Å². The van der Waals surface area contributed by atoms with Gasteiger partial charge in [-0.15, -0.1) is 11.8 Å². The van der Waals surface area contributed by atoms with Crippen molar-refractivity contribution in [1.29, 1.82) is 0 Å². The molecular weight excluding hydrogens is 452 g/mol. The third-order valence-corrected chi connectivity index (χ3v) is 6.62. The number of para-hydroxylation sites is 1. The van der Waals surface area contributed by atoms with Gasteiger partial charge in [-0.05, 0) is 41.8 Å². The van der Waals surface area contributed by atoms with E-state index in [9.17, 15) is 9.59 Å². The average Bonchev–Trinajstić information content (AvgIpc) is 3.48. The summed E-state index contributed by atoms with van der Waals surface area (Å²) >= 11 is 7.36. The molecule has 1 fully saturated rings. The summed E-state index contributed by atoms with van der Waals surface area (Å²) in [5.41, 5.74) is 1.14. The SMILES string of the molecule is COc1ccccc1-c1noc(CN2C(=O)N(c3ccc(Cl)cc3)C(=O)C3SC=CC32)n1. The van der Waals surface area contributed by atoms with Gasteiger partial charge in [-0.1, -0.05) is 35.0 Å². The van der Waals surface area contributed by atoms with Crippen molar-refractivity contribution in [3.8, 4) is 17.1 Å². The minimum atomic E-state index is -0.456. The number of hydrogen-bond acceptors (Lipinski definition) is 7. The molecule has 0 bridgehead atoms. The molecule has 3 aromatic rings. The molecular formula is C22H17ClN4O4S. The van der Waals surface area contributed by atoms with Gasteiger partial charge in [0.1, 0.15) is 17.5 Å². The molecule has 0 spiro atoms. The molecule has 1 saturated heterocycles. The van der Waals surface area contributed by atoms with Crippen molar-refractivity contribution in [3.05, 3.63) is 70.9 Å². The maximum Gasteiger partial charge on any atom is 0.332 e. The maximum atomic E-state index is 13.4. The highest BCUT2D eigenvalue weighted by molar-refractivity contribution is 8.03. The van der Waals surface area contributed by atoms with Crippen LogP contribution in [-0.4, -0.2) is 45.4 Å². The second kappa shape index (κ2) is 8.33. The lowest BCUT2D eigenvalue weighted by molar-refractivity contribution is -0.119. The fourth-order valence-corrected chi connectivity index (χ4v) is 4.91. The van der Waals surface area contributed by atoms with Gasteiger partial charge in [0.15, 0.2) is 0 Å². The number of anilines is 1. The van der Waals surface area contributed by atoms with Crippen LogP contribution >= 0.6 is 23.4 Å². The lowest BCUT2D eigenvalue weighted by Crippen LogP contribution is -2.61. The molecule has 2 aliphatic heterocycles. The molecule has 0 aliphatic carbocycles. The van der Waals surface area contributed by atoms with E-state index in [2.05, 4.69) is 10.1 Å². The number of hydrogen-bond donors (Lipinski definition) is 0. The molecule has 3 heterocycles. The van der Waals surface area contributed by atoms with Gasteiger partial charge in [0.25, 0.3) is 5.91 Å². The first-order valence-electron chi connectivity index (χ1n) is 9.75. The first kappa shape index (κ1) is 20.6. The fourth-order valence-electron chi connectivity index (χ4n) is 3.75. The Morgan fingerprint density at radius 2 is 1.94 bits per heavy atom. The van der Waals surface area contributed by atoms with Gasteiger partial charge in [-0.25, -0.2) is 9.69 Å². The Balaban J connectivity index is 1.45. The Hall–Kier alpha value is -3.30. The summed E-state index contributed by atoms with van der Waals surface area (Å²) in [6, 6.07) is 13.1. The largest absolute Gasteiger partial charge is 0.496 e. The summed E-state index contributed by atoms with van der Waals surface area (Å²) < 4.78 is 10.8. The van der Waals surface area contributed by atoms with Gasteiger partial charge in [0.05, 0.1) is 24.4 Å². The molecule has 2 aromatic carbocycles. The Morgan fingerprint density at radius 3 is 2.72 bits per heavy atom. The predicted octanol–water partition coefficient (Wildman–Crippen LogP) is 4.37. The van der Waals surface area contributed by atoms with E-state index in [0.717, 1.165) is 0 Å². The fraction of sp³-hybridized carbons (Fsp3) is 0.182. The molecule has 10 heteroatoms. The van der Waals surface area contributed by atoms with E-state index < -0.39 is 17.3 Å². The number of urea groups is 1.